The monoisotopic (exact) mass is 422 g/mol. The molecule has 0 amide bonds. The first-order chi connectivity index (χ1) is 13.8. The fourth-order valence-corrected chi connectivity index (χ4v) is 3.07. The molecule has 8 heteroatoms. The van der Waals surface area contributed by atoms with Gasteiger partial charge in [0.25, 0.3) is 0 Å². The third-order valence-corrected chi connectivity index (χ3v) is 4.40. The molecule has 4 nitrogen and oxygen atoms in total. The molecule has 2 heterocycles. The zero-order valence-corrected chi connectivity index (χ0v) is 16.4. The topological polar surface area (TPSA) is 51.0 Å². The minimum Gasteiger partial charge on any atom is -0.453 e. The number of aromatic amines is 1. The molecule has 1 N–H and O–H groups in total. The first-order valence-corrected chi connectivity index (χ1v) is 9.22. The van der Waals surface area contributed by atoms with Crippen LogP contribution in [0, 0.1) is 0 Å². The molecule has 0 aliphatic rings. The van der Waals surface area contributed by atoms with Crippen molar-refractivity contribution >= 4 is 17.2 Å². The number of nitrogens with one attached hydrogen (secondary N) is 1. The van der Waals surface area contributed by atoms with Gasteiger partial charge in [-0.2, -0.15) is 0 Å². The number of allylic oxidation sites excluding steroid dienone is 3. The summed E-state index contributed by atoms with van der Waals surface area (Å²) in [7, 11) is 0. The van der Waals surface area contributed by atoms with E-state index in [1.807, 2.05) is 18.2 Å². The number of halogens is 4. The Kier molecular flexibility index (Phi) is 6.17. The van der Waals surface area contributed by atoms with Crippen LogP contribution in [0.2, 0.25) is 5.02 Å². The van der Waals surface area contributed by atoms with Crippen LogP contribution in [0.15, 0.2) is 64.9 Å². The second kappa shape index (κ2) is 8.61. The number of rotatable bonds is 6. The lowest BCUT2D eigenvalue weighted by atomic mass is 10.1. The Morgan fingerprint density at radius 2 is 2.00 bits per heavy atom. The number of aromatic nitrogens is 2. The van der Waals surface area contributed by atoms with E-state index in [-0.39, 0.29) is 17.9 Å². The van der Waals surface area contributed by atoms with E-state index in [4.69, 9.17) is 16.0 Å². The predicted molar refractivity (Wildman–Crippen MR) is 106 cm³/mol. The standard InChI is InChI=1S/C21H18ClF3N2O2/c1-3-7-18(29-21(23,24)25)13(4-2)17-10-11-19(28-17)20-26-12-16(27-20)14-8-5-6-9-15(14)22/h3,5-12H,4H2,1-2H3,(H,26,27)/b7-3-,18-13-. The molecule has 0 radical (unpaired) electrons. The average Bonchev–Trinajstić information content (AvgIpc) is 3.31. The molecule has 0 saturated heterocycles. The summed E-state index contributed by atoms with van der Waals surface area (Å²) >= 11 is 6.21. The number of ether oxygens (including phenoxy) is 1. The molecule has 3 rings (SSSR count). The van der Waals surface area contributed by atoms with Gasteiger partial charge in [-0.1, -0.05) is 42.8 Å². The number of hydrogen-bond donors (Lipinski definition) is 1. The predicted octanol–water partition coefficient (Wildman–Crippen LogP) is 7.22. The van der Waals surface area contributed by atoms with Crippen molar-refractivity contribution in [1.29, 1.82) is 0 Å². The van der Waals surface area contributed by atoms with Crippen molar-refractivity contribution in [2.45, 2.75) is 26.6 Å². The third-order valence-electron chi connectivity index (χ3n) is 4.07. The Balaban J connectivity index is 1.96. The van der Waals surface area contributed by atoms with Crippen LogP contribution >= 0.6 is 11.6 Å². The lowest BCUT2D eigenvalue weighted by Gasteiger charge is -2.13. The Morgan fingerprint density at radius 1 is 1.24 bits per heavy atom. The summed E-state index contributed by atoms with van der Waals surface area (Å²) in [5, 5.41) is 0.569. The molecule has 1 aromatic carbocycles. The number of imidazole rings is 1. The zero-order chi connectivity index (χ0) is 21.0. The van der Waals surface area contributed by atoms with E-state index >= 15 is 0 Å². The van der Waals surface area contributed by atoms with Crippen LogP contribution in [0.25, 0.3) is 28.4 Å². The van der Waals surface area contributed by atoms with Crippen LogP contribution in [0.1, 0.15) is 26.0 Å². The Labute approximate surface area is 170 Å². The van der Waals surface area contributed by atoms with E-state index in [1.54, 1.807) is 38.2 Å². The van der Waals surface area contributed by atoms with Gasteiger partial charge in [-0.05, 0) is 37.6 Å². The third kappa shape index (κ3) is 4.92. The van der Waals surface area contributed by atoms with Crippen molar-refractivity contribution in [3.8, 4) is 22.8 Å². The van der Waals surface area contributed by atoms with Gasteiger partial charge in [0.05, 0.1) is 11.9 Å². The van der Waals surface area contributed by atoms with Crippen LogP contribution in [0.5, 0.6) is 0 Å². The maximum absolute atomic E-state index is 12.8. The Bertz CT molecular complexity index is 1050. The lowest BCUT2D eigenvalue weighted by molar-refractivity contribution is -0.303. The second-order valence-corrected chi connectivity index (χ2v) is 6.44. The number of benzene rings is 1. The molecule has 152 valence electrons. The summed E-state index contributed by atoms with van der Waals surface area (Å²) in [6.07, 6.45) is -0.158. The van der Waals surface area contributed by atoms with Crippen molar-refractivity contribution in [3.05, 3.63) is 71.3 Å². The number of furan rings is 1. The van der Waals surface area contributed by atoms with Crippen LogP contribution in [-0.4, -0.2) is 16.3 Å². The highest BCUT2D eigenvalue weighted by Crippen LogP contribution is 2.33. The van der Waals surface area contributed by atoms with E-state index in [0.29, 0.717) is 27.9 Å². The van der Waals surface area contributed by atoms with E-state index < -0.39 is 6.36 Å². The van der Waals surface area contributed by atoms with E-state index in [9.17, 15) is 13.2 Å². The van der Waals surface area contributed by atoms with Gasteiger partial charge in [-0.15, -0.1) is 13.2 Å². The zero-order valence-electron chi connectivity index (χ0n) is 15.7. The van der Waals surface area contributed by atoms with Crippen molar-refractivity contribution in [3.63, 3.8) is 0 Å². The summed E-state index contributed by atoms with van der Waals surface area (Å²) in [4.78, 5) is 7.41. The maximum atomic E-state index is 12.8. The fraction of sp³-hybridized carbons (Fsp3) is 0.190. The Morgan fingerprint density at radius 3 is 2.66 bits per heavy atom. The molecule has 0 unspecified atom stereocenters. The molecule has 0 atom stereocenters. The van der Waals surface area contributed by atoms with Crippen LogP contribution in [0.3, 0.4) is 0 Å². The van der Waals surface area contributed by atoms with Crippen molar-refractivity contribution < 1.29 is 22.3 Å². The number of nitrogens with zero attached hydrogens (tertiary/aromatic N) is 1. The molecule has 29 heavy (non-hydrogen) atoms. The highest BCUT2D eigenvalue weighted by atomic mass is 35.5. The SMILES string of the molecule is C/C=C\C(OC(F)(F)F)=C(/CC)c1ccc(-c2ncc(-c3ccccc3Cl)[nH]2)o1. The molecular formula is C21H18ClF3N2O2. The molecule has 0 fully saturated rings. The minimum absolute atomic E-state index is 0.274. The summed E-state index contributed by atoms with van der Waals surface area (Å²) in [6, 6.07) is 10.5. The highest BCUT2D eigenvalue weighted by Gasteiger charge is 2.33. The summed E-state index contributed by atoms with van der Waals surface area (Å²) < 4.78 is 48.2. The number of alkyl halides is 3. The molecule has 0 spiro atoms. The molecule has 3 aromatic rings. The quantitative estimate of drug-likeness (QED) is 0.337. The Hall–Kier alpha value is -2.93. The molecule has 0 aliphatic heterocycles. The van der Waals surface area contributed by atoms with Gasteiger partial charge in [0.15, 0.2) is 11.6 Å². The van der Waals surface area contributed by atoms with Gasteiger partial charge in [0, 0.05) is 16.2 Å². The lowest BCUT2D eigenvalue weighted by Crippen LogP contribution is -2.13. The minimum atomic E-state index is -4.80. The maximum Gasteiger partial charge on any atom is 0.573 e. The van der Waals surface area contributed by atoms with Gasteiger partial charge in [-0.25, -0.2) is 4.98 Å². The first kappa shape index (κ1) is 20.8. The molecular weight excluding hydrogens is 405 g/mol. The number of H-pyrrole nitrogens is 1. The van der Waals surface area contributed by atoms with Crippen LogP contribution < -0.4 is 0 Å². The van der Waals surface area contributed by atoms with Gasteiger partial charge in [0.1, 0.15) is 11.5 Å². The van der Waals surface area contributed by atoms with Crippen LogP contribution in [0.4, 0.5) is 13.2 Å². The molecule has 0 bridgehead atoms. The van der Waals surface area contributed by atoms with Crippen molar-refractivity contribution in [2.24, 2.45) is 0 Å². The van der Waals surface area contributed by atoms with Gasteiger partial charge < -0.3 is 14.1 Å². The molecule has 2 aromatic heterocycles. The average molecular weight is 423 g/mol. The van der Waals surface area contributed by atoms with Gasteiger partial charge in [-0.3, -0.25) is 0 Å². The second-order valence-electron chi connectivity index (χ2n) is 6.03. The fourth-order valence-electron chi connectivity index (χ4n) is 2.83. The first-order valence-electron chi connectivity index (χ1n) is 8.84. The van der Waals surface area contributed by atoms with Crippen molar-refractivity contribution in [2.75, 3.05) is 0 Å². The summed E-state index contributed by atoms with van der Waals surface area (Å²) in [6.45, 7) is 3.34. The smallest absolute Gasteiger partial charge is 0.453 e. The molecule has 0 saturated carbocycles. The highest BCUT2D eigenvalue weighted by molar-refractivity contribution is 6.33. The normalized spacial score (nSPS) is 13.0. The number of hydrogen-bond acceptors (Lipinski definition) is 3. The van der Waals surface area contributed by atoms with E-state index in [2.05, 4.69) is 14.7 Å². The van der Waals surface area contributed by atoms with E-state index in [0.717, 1.165) is 5.56 Å². The largest absolute Gasteiger partial charge is 0.573 e. The van der Waals surface area contributed by atoms with Gasteiger partial charge in [0.2, 0.25) is 0 Å². The van der Waals surface area contributed by atoms with E-state index in [1.165, 1.54) is 12.2 Å². The summed E-state index contributed by atoms with van der Waals surface area (Å²) in [5.74, 6) is 0.789. The summed E-state index contributed by atoms with van der Waals surface area (Å²) in [5.41, 5.74) is 1.78. The van der Waals surface area contributed by atoms with Crippen molar-refractivity contribution in [1.82, 2.24) is 9.97 Å². The molecule has 0 aliphatic carbocycles. The van der Waals surface area contributed by atoms with Gasteiger partial charge >= 0.3 is 6.36 Å². The van der Waals surface area contributed by atoms with Crippen LogP contribution in [-0.2, 0) is 4.74 Å².